The van der Waals surface area contributed by atoms with Crippen LogP contribution in [0.5, 0.6) is 17.2 Å². The number of benzene rings is 2. The zero-order valence-electron chi connectivity index (χ0n) is 15.0. The number of fused-ring (bicyclic) bond motifs is 1. The van der Waals surface area contributed by atoms with Crippen LogP contribution in [0.4, 0.5) is 0 Å². The Morgan fingerprint density at radius 1 is 0.875 bits per heavy atom. The van der Waals surface area contributed by atoms with Gasteiger partial charge in [-0.3, -0.25) is 0 Å². The lowest BCUT2D eigenvalue weighted by molar-refractivity contribution is 0.353. The molecular weight excluding hydrogens is 302 g/mol. The number of hydrogen-bond donors (Lipinski definition) is 1. The van der Waals surface area contributed by atoms with Gasteiger partial charge in [0.15, 0.2) is 11.5 Å². The molecule has 0 fully saturated rings. The summed E-state index contributed by atoms with van der Waals surface area (Å²) in [6.07, 6.45) is 0.986. The maximum atomic E-state index is 5.50. The molecule has 0 bridgehead atoms. The fourth-order valence-corrected chi connectivity index (χ4v) is 3.65. The monoisotopic (exact) mass is 327 g/mol. The SMILES string of the molecule is COc1cc2c(cc1OC)C(c1cc(C)c(OC)c(C)c1)NCC2. The van der Waals surface area contributed by atoms with Crippen molar-refractivity contribution in [1.82, 2.24) is 5.32 Å². The van der Waals surface area contributed by atoms with Crippen LogP contribution in [-0.2, 0) is 6.42 Å². The van der Waals surface area contributed by atoms with Gasteiger partial charge in [0.05, 0.1) is 27.4 Å². The van der Waals surface area contributed by atoms with E-state index in [1.807, 2.05) is 0 Å². The van der Waals surface area contributed by atoms with E-state index in [1.54, 1.807) is 21.3 Å². The van der Waals surface area contributed by atoms with Crippen molar-refractivity contribution in [2.24, 2.45) is 0 Å². The lowest BCUT2D eigenvalue weighted by atomic mass is 9.88. The van der Waals surface area contributed by atoms with Crippen LogP contribution < -0.4 is 19.5 Å². The second kappa shape index (κ2) is 6.73. The Balaban J connectivity index is 2.10. The molecule has 0 aliphatic carbocycles. The maximum absolute atomic E-state index is 5.50. The van der Waals surface area contributed by atoms with Gasteiger partial charge in [0.1, 0.15) is 5.75 Å². The van der Waals surface area contributed by atoms with Gasteiger partial charge in [-0.2, -0.15) is 0 Å². The van der Waals surface area contributed by atoms with Crippen molar-refractivity contribution >= 4 is 0 Å². The van der Waals surface area contributed by atoms with E-state index >= 15 is 0 Å². The predicted molar refractivity (Wildman–Crippen MR) is 95.6 cm³/mol. The molecule has 0 spiro atoms. The van der Waals surface area contributed by atoms with Gasteiger partial charge < -0.3 is 19.5 Å². The first-order chi connectivity index (χ1) is 11.6. The van der Waals surface area contributed by atoms with Crippen LogP contribution in [-0.4, -0.2) is 27.9 Å². The zero-order chi connectivity index (χ0) is 17.3. The van der Waals surface area contributed by atoms with Gasteiger partial charge in [0, 0.05) is 6.54 Å². The molecule has 1 heterocycles. The Hall–Kier alpha value is -2.20. The van der Waals surface area contributed by atoms with E-state index < -0.39 is 0 Å². The second-order valence-corrected chi connectivity index (χ2v) is 6.23. The highest BCUT2D eigenvalue weighted by atomic mass is 16.5. The molecule has 128 valence electrons. The molecule has 4 nitrogen and oxygen atoms in total. The van der Waals surface area contributed by atoms with Crippen molar-refractivity contribution < 1.29 is 14.2 Å². The summed E-state index contributed by atoms with van der Waals surface area (Å²) in [5.41, 5.74) is 6.12. The third-order valence-corrected chi connectivity index (χ3v) is 4.72. The summed E-state index contributed by atoms with van der Waals surface area (Å²) >= 11 is 0. The number of nitrogens with one attached hydrogen (secondary N) is 1. The number of rotatable bonds is 4. The molecule has 1 N–H and O–H groups in total. The predicted octanol–water partition coefficient (Wildman–Crippen LogP) is 3.56. The first-order valence-corrected chi connectivity index (χ1v) is 8.22. The Bertz CT molecular complexity index is 732. The molecule has 0 aromatic heterocycles. The van der Waals surface area contributed by atoms with Crippen LogP contribution in [0, 0.1) is 13.8 Å². The largest absolute Gasteiger partial charge is 0.496 e. The topological polar surface area (TPSA) is 39.7 Å². The van der Waals surface area contributed by atoms with E-state index in [9.17, 15) is 0 Å². The third-order valence-electron chi connectivity index (χ3n) is 4.72. The van der Waals surface area contributed by atoms with Gasteiger partial charge in [0.25, 0.3) is 0 Å². The molecule has 3 rings (SSSR count). The molecule has 0 radical (unpaired) electrons. The van der Waals surface area contributed by atoms with Crippen molar-refractivity contribution in [2.45, 2.75) is 26.3 Å². The normalized spacial score (nSPS) is 16.5. The average molecular weight is 327 g/mol. The van der Waals surface area contributed by atoms with E-state index in [4.69, 9.17) is 14.2 Å². The van der Waals surface area contributed by atoms with E-state index in [1.165, 1.54) is 16.7 Å². The first-order valence-electron chi connectivity index (χ1n) is 8.22. The van der Waals surface area contributed by atoms with E-state index in [0.29, 0.717) is 0 Å². The highest BCUT2D eigenvalue weighted by molar-refractivity contribution is 5.53. The summed E-state index contributed by atoms with van der Waals surface area (Å²) in [6.45, 7) is 5.12. The maximum Gasteiger partial charge on any atom is 0.161 e. The van der Waals surface area contributed by atoms with Gasteiger partial charge in [-0.25, -0.2) is 0 Å². The molecular formula is C20H25NO3. The summed E-state index contributed by atoms with van der Waals surface area (Å²) in [4.78, 5) is 0. The summed E-state index contributed by atoms with van der Waals surface area (Å²) in [7, 11) is 5.08. The number of ether oxygens (including phenoxy) is 3. The molecule has 0 saturated carbocycles. The smallest absolute Gasteiger partial charge is 0.161 e. The number of methoxy groups -OCH3 is 3. The summed E-state index contributed by atoms with van der Waals surface area (Å²) in [6, 6.07) is 8.76. The summed E-state index contributed by atoms with van der Waals surface area (Å²) < 4.78 is 16.4. The Morgan fingerprint density at radius 3 is 2.08 bits per heavy atom. The van der Waals surface area contributed by atoms with Crippen molar-refractivity contribution in [3.05, 3.63) is 52.1 Å². The van der Waals surface area contributed by atoms with Crippen LogP contribution in [0.25, 0.3) is 0 Å². The molecule has 4 heteroatoms. The van der Waals surface area contributed by atoms with E-state index in [0.717, 1.165) is 41.3 Å². The van der Waals surface area contributed by atoms with Crippen molar-refractivity contribution in [3.63, 3.8) is 0 Å². The minimum atomic E-state index is 0.150. The van der Waals surface area contributed by atoms with Crippen LogP contribution in [0.1, 0.15) is 33.9 Å². The fourth-order valence-electron chi connectivity index (χ4n) is 3.65. The van der Waals surface area contributed by atoms with Gasteiger partial charge >= 0.3 is 0 Å². The third kappa shape index (κ3) is 2.82. The molecule has 24 heavy (non-hydrogen) atoms. The molecule has 2 aromatic carbocycles. The number of aryl methyl sites for hydroxylation is 2. The van der Waals surface area contributed by atoms with Crippen LogP contribution in [0.15, 0.2) is 24.3 Å². The van der Waals surface area contributed by atoms with Crippen molar-refractivity contribution in [3.8, 4) is 17.2 Å². The highest BCUT2D eigenvalue weighted by Gasteiger charge is 2.24. The summed E-state index contributed by atoms with van der Waals surface area (Å²) in [5.74, 6) is 2.52. The second-order valence-electron chi connectivity index (χ2n) is 6.23. The van der Waals surface area contributed by atoms with Gasteiger partial charge in [0.2, 0.25) is 0 Å². The summed E-state index contributed by atoms with van der Waals surface area (Å²) in [5, 5.41) is 3.64. The molecule has 0 saturated heterocycles. The Labute approximate surface area is 143 Å². The Morgan fingerprint density at radius 2 is 1.50 bits per heavy atom. The minimum Gasteiger partial charge on any atom is -0.496 e. The lowest BCUT2D eigenvalue weighted by Gasteiger charge is -2.29. The van der Waals surface area contributed by atoms with Gasteiger partial charge in [-0.15, -0.1) is 0 Å². The molecule has 0 amide bonds. The molecule has 1 unspecified atom stereocenters. The highest BCUT2D eigenvalue weighted by Crippen LogP contribution is 2.38. The van der Waals surface area contributed by atoms with E-state index in [-0.39, 0.29) is 6.04 Å². The quantitative estimate of drug-likeness (QED) is 0.932. The fraction of sp³-hybridized carbons (Fsp3) is 0.400. The lowest BCUT2D eigenvalue weighted by Crippen LogP contribution is -2.30. The van der Waals surface area contributed by atoms with E-state index in [2.05, 4.69) is 43.4 Å². The first kappa shape index (κ1) is 16.7. The molecule has 2 aromatic rings. The number of hydrogen-bond acceptors (Lipinski definition) is 4. The average Bonchev–Trinajstić information content (AvgIpc) is 2.59. The van der Waals surface area contributed by atoms with Crippen LogP contribution in [0.3, 0.4) is 0 Å². The minimum absolute atomic E-state index is 0.150. The van der Waals surface area contributed by atoms with Gasteiger partial charge in [-0.1, -0.05) is 12.1 Å². The Kier molecular flexibility index (Phi) is 4.67. The standard InChI is InChI=1S/C20H25NO3/c1-12-8-15(9-13(2)20(12)24-5)19-16-11-18(23-4)17(22-3)10-14(16)6-7-21-19/h8-11,19,21H,6-7H2,1-5H3. The molecule has 1 aliphatic heterocycles. The van der Waals surface area contributed by atoms with Crippen LogP contribution >= 0.6 is 0 Å². The van der Waals surface area contributed by atoms with Gasteiger partial charge in [-0.05, 0) is 60.2 Å². The molecule has 1 atom stereocenters. The van der Waals surface area contributed by atoms with Crippen LogP contribution in [0.2, 0.25) is 0 Å². The van der Waals surface area contributed by atoms with Crippen molar-refractivity contribution in [1.29, 1.82) is 0 Å². The zero-order valence-corrected chi connectivity index (χ0v) is 15.0. The molecule has 1 aliphatic rings. The van der Waals surface area contributed by atoms with Crippen molar-refractivity contribution in [2.75, 3.05) is 27.9 Å².